The zero-order valence-corrected chi connectivity index (χ0v) is 10.7. The van der Waals surface area contributed by atoms with Crippen LogP contribution >= 0.6 is 11.6 Å². The minimum absolute atomic E-state index is 0.00661. The lowest BCUT2D eigenvalue weighted by Crippen LogP contribution is -2.39. The maximum absolute atomic E-state index is 11.8. The summed E-state index contributed by atoms with van der Waals surface area (Å²) in [5.41, 5.74) is 2.78. The lowest BCUT2D eigenvalue weighted by Gasteiger charge is -2.28. The van der Waals surface area contributed by atoms with Crippen LogP contribution in [-0.4, -0.2) is 18.2 Å². The molecule has 1 saturated heterocycles. The van der Waals surface area contributed by atoms with Crippen molar-refractivity contribution in [2.45, 2.75) is 26.7 Å². The minimum atomic E-state index is -0.157. The molecule has 0 spiro atoms. The van der Waals surface area contributed by atoms with Gasteiger partial charge >= 0.3 is 0 Å². The molecule has 1 aliphatic heterocycles. The van der Waals surface area contributed by atoms with Gasteiger partial charge in [0.15, 0.2) is 0 Å². The smallest absolute Gasteiger partial charge is 0.234 e. The second-order valence-corrected chi connectivity index (χ2v) is 4.83. The fourth-order valence-electron chi connectivity index (χ4n) is 2.20. The molecule has 1 heterocycles. The highest BCUT2D eigenvalue weighted by Gasteiger charge is 2.27. The lowest BCUT2D eigenvalue weighted by atomic mass is 10.0. The third-order valence-electron chi connectivity index (χ3n) is 2.93. The van der Waals surface area contributed by atoms with Crippen LogP contribution in [-0.2, 0) is 9.59 Å². The number of amides is 1. The molecule has 0 bridgehead atoms. The van der Waals surface area contributed by atoms with Crippen LogP contribution in [0.15, 0.2) is 12.1 Å². The fraction of sp³-hybridized carbons (Fsp3) is 0.385. The van der Waals surface area contributed by atoms with Crippen molar-refractivity contribution in [2.24, 2.45) is 0 Å². The van der Waals surface area contributed by atoms with Gasteiger partial charge in [0, 0.05) is 13.0 Å². The molecule has 0 saturated carbocycles. The summed E-state index contributed by atoms with van der Waals surface area (Å²) in [6, 6.07) is 3.83. The number of hydrogen-bond donors (Lipinski definition) is 0. The van der Waals surface area contributed by atoms with Crippen LogP contribution in [0.3, 0.4) is 0 Å². The molecule has 17 heavy (non-hydrogen) atoms. The van der Waals surface area contributed by atoms with Gasteiger partial charge in [0.2, 0.25) is 5.91 Å². The van der Waals surface area contributed by atoms with E-state index in [1.165, 1.54) is 0 Å². The van der Waals surface area contributed by atoms with Crippen molar-refractivity contribution in [1.82, 2.24) is 0 Å². The molecule has 0 aliphatic carbocycles. The van der Waals surface area contributed by atoms with Gasteiger partial charge in [-0.25, -0.2) is 0 Å². The van der Waals surface area contributed by atoms with Gasteiger partial charge in [-0.3, -0.25) is 9.59 Å². The Morgan fingerprint density at radius 1 is 1.24 bits per heavy atom. The van der Waals surface area contributed by atoms with Crippen LogP contribution in [0.4, 0.5) is 5.69 Å². The van der Waals surface area contributed by atoms with E-state index in [-0.39, 0.29) is 18.1 Å². The zero-order valence-electron chi connectivity index (χ0n) is 9.92. The third kappa shape index (κ3) is 2.34. The molecule has 0 aromatic heterocycles. The Morgan fingerprint density at radius 2 is 1.94 bits per heavy atom. The molecule has 4 heteroatoms. The Bertz CT molecular complexity index is 473. The van der Waals surface area contributed by atoms with Crippen LogP contribution in [0.1, 0.15) is 24.0 Å². The van der Waals surface area contributed by atoms with Crippen LogP contribution in [0.25, 0.3) is 0 Å². The number of hydrogen-bond acceptors (Lipinski definition) is 2. The third-order valence-corrected chi connectivity index (χ3v) is 3.22. The average Bonchev–Trinajstić information content (AvgIpc) is 2.19. The van der Waals surface area contributed by atoms with Crippen LogP contribution < -0.4 is 4.90 Å². The Balaban J connectivity index is 2.40. The van der Waals surface area contributed by atoms with Gasteiger partial charge in [0.25, 0.3) is 0 Å². The van der Waals surface area contributed by atoms with E-state index in [2.05, 4.69) is 0 Å². The number of piperidine rings is 1. The quantitative estimate of drug-likeness (QED) is 0.720. The molecular weight excluding hydrogens is 238 g/mol. The first-order valence-corrected chi connectivity index (χ1v) is 5.95. The van der Waals surface area contributed by atoms with Gasteiger partial charge in [-0.1, -0.05) is 17.7 Å². The molecule has 0 atom stereocenters. The summed E-state index contributed by atoms with van der Waals surface area (Å²) < 4.78 is 0. The summed E-state index contributed by atoms with van der Waals surface area (Å²) in [4.78, 5) is 24.7. The highest BCUT2D eigenvalue weighted by molar-refractivity contribution is 6.34. The van der Waals surface area contributed by atoms with Crippen molar-refractivity contribution in [2.75, 3.05) is 11.4 Å². The van der Waals surface area contributed by atoms with Gasteiger partial charge in [0.1, 0.15) is 5.78 Å². The molecule has 2 rings (SSSR count). The number of benzene rings is 1. The van der Waals surface area contributed by atoms with Gasteiger partial charge < -0.3 is 4.90 Å². The number of ketones is 1. The highest BCUT2D eigenvalue weighted by atomic mass is 35.5. The molecule has 0 N–H and O–H groups in total. The van der Waals surface area contributed by atoms with E-state index in [1.807, 2.05) is 26.0 Å². The number of aryl methyl sites for hydroxylation is 2. The first kappa shape index (κ1) is 12.1. The van der Waals surface area contributed by atoms with E-state index in [1.54, 1.807) is 4.90 Å². The van der Waals surface area contributed by atoms with Crippen molar-refractivity contribution < 1.29 is 9.59 Å². The second kappa shape index (κ2) is 4.49. The largest absolute Gasteiger partial charge is 0.310 e. The van der Waals surface area contributed by atoms with Crippen molar-refractivity contribution in [1.29, 1.82) is 0 Å². The van der Waals surface area contributed by atoms with E-state index >= 15 is 0 Å². The first-order chi connectivity index (χ1) is 7.99. The molecular formula is C13H14ClNO2. The van der Waals surface area contributed by atoms with E-state index in [4.69, 9.17) is 11.6 Å². The summed E-state index contributed by atoms with van der Waals surface area (Å²) in [6.45, 7) is 4.32. The summed E-state index contributed by atoms with van der Waals surface area (Å²) in [5, 5.41) is 0.574. The Morgan fingerprint density at radius 3 is 2.53 bits per heavy atom. The van der Waals surface area contributed by atoms with Crippen LogP contribution in [0, 0.1) is 13.8 Å². The SMILES string of the molecule is Cc1cc(C)c(N2CCC(=O)CC2=O)c(Cl)c1. The van der Waals surface area contributed by atoms with Gasteiger partial charge in [-0.15, -0.1) is 0 Å². The predicted octanol–water partition coefficient (Wildman–Crippen LogP) is 2.65. The molecule has 1 fully saturated rings. The summed E-state index contributed by atoms with van der Waals surface area (Å²) in [6.07, 6.45) is 0.402. The molecule has 0 unspecified atom stereocenters. The number of halogens is 1. The van der Waals surface area contributed by atoms with Crippen molar-refractivity contribution in [3.63, 3.8) is 0 Å². The monoisotopic (exact) mass is 251 g/mol. The van der Waals surface area contributed by atoms with Crippen molar-refractivity contribution >= 4 is 29.0 Å². The Kier molecular flexibility index (Phi) is 3.20. The maximum Gasteiger partial charge on any atom is 0.234 e. The number of carbonyl (C=O) groups is 2. The van der Waals surface area contributed by atoms with Crippen LogP contribution in [0.5, 0.6) is 0 Å². The van der Waals surface area contributed by atoms with E-state index in [0.29, 0.717) is 18.0 Å². The van der Waals surface area contributed by atoms with Gasteiger partial charge in [0.05, 0.1) is 17.1 Å². The molecule has 1 aliphatic rings. The maximum atomic E-state index is 11.8. The molecule has 0 radical (unpaired) electrons. The first-order valence-electron chi connectivity index (χ1n) is 5.58. The van der Waals surface area contributed by atoms with Crippen molar-refractivity contribution in [3.8, 4) is 0 Å². The number of carbonyl (C=O) groups excluding carboxylic acids is 2. The van der Waals surface area contributed by atoms with E-state index in [9.17, 15) is 9.59 Å². The molecule has 90 valence electrons. The summed E-state index contributed by atoms with van der Waals surface area (Å²) in [5.74, 6) is -0.151. The number of rotatable bonds is 1. The minimum Gasteiger partial charge on any atom is -0.310 e. The topological polar surface area (TPSA) is 37.4 Å². The Labute approximate surface area is 105 Å². The number of nitrogens with zero attached hydrogens (tertiary/aromatic N) is 1. The van der Waals surface area contributed by atoms with E-state index in [0.717, 1.165) is 16.8 Å². The van der Waals surface area contributed by atoms with Gasteiger partial charge in [-0.2, -0.15) is 0 Å². The predicted molar refractivity (Wildman–Crippen MR) is 67.5 cm³/mol. The zero-order chi connectivity index (χ0) is 12.6. The fourth-order valence-corrected chi connectivity index (χ4v) is 2.62. The number of Topliss-reactive ketones (excluding diaryl/α,β-unsaturated/α-hetero) is 1. The highest BCUT2D eigenvalue weighted by Crippen LogP contribution is 2.32. The number of anilines is 1. The summed E-state index contributed by atoms with van der Waals surface area (Å²) in [7, 11) is 0. The normalized spacial score (nSPS) is 16.5. The van der Waals surface area contributed by atoms with Crippen molar-refractivity contribution in [3.05, 3.63) is 28.3 Å². The molecule has 1 aromatic carbocycles. The Hall–Kier alpha value is -1.35. The second-order valence-electron chi connectivity index (χ2n) is 4.42. The lowest BCUT2D eigenvalue weighted by molar-refractivity contribution is -0.128. The molecule has 1 aromatic rings. The summed E-state index contributed by atoms with van der Waals surface area (Å²) >= 11 is 6.19. The van der Waals surface area contributed by atoms with E-state index < -0.39 is 0 Å². The standard InChI is InChI=1S/C13H14ClNO2/c1-8-5-9(2)13(11(14)6-8)15-4-3-10(16)7-12(15)17/h5-6H,3-4,7H2,1-2H3. The van der Waals surface area contributed by atoms with Gasteiger partial charge in [-0.05, 0) is 31.0 Å². The molecule has 1 amide bonds. The molecule has 3 nitrogen and oxygen atoms in total. The van der Waals surface area contributed by atoms with Crippen LogP contribution in [0.2, 0.25) is 5.02 Å². The average molecular weight is 252 g/mol.